The molecule has 0 aliphatic rings. The third-order valence-corrected chi connectivity index (χ3v) is 3.91. The van der Waals surface area contributed by atoms with Crippen molar-refractivity contribution < 1.29 is 14.3 Å². The molecule has 2 rings (SSSR count). The summed E-state index contributed by atoms with van der Waals surface area (Å²) in [5.74, 6) is 0.141. The largest absolute Gasteiger partial charge is 0.497 e. The molecule has 1 aromatic carbocycles. The number of hydrogen-bond donors (Lipinski definition) is 2. The molecule has 0 unspecified atom stereocenters. The lowest BCUT2D eigenvalue weighted by Crippen LogP contribution is -2.31. The van der Waals surface area contributed by atoms with Gasteiger partial charge in [0.05, 0.1) is 7.11 Å². The second-order valence-electron chi connectivity index (χ2n) is 5.28. The third-order valence-electron chi connectivity index (χ3n) is 3.15. The lowest BCUT2D eigenvalue weighted by atomic mass is 10.2. The second kappa shape index (κ2) is 8.42. The van der Waals surface area contributed by atoms with Crippen LogP contribution in [0.4, 0.5) is 5.13 Å². The Kier molecular flexibility index (Phi) is 6.28. The van der Waals surface area contributed by atoms with E-state index < -0.39 is 0 Å². The van der Waals surface area contributed by atoms with Gasteiger partial charge in [0, 0.05) is 24.0 Å². The van der Waals surface area contributed by atoms with Crippen LogP contribution in [0, 0.1) is 0 Å². The molecule has 0 saturated carbocycles. The topological polar surface area (TPSA) is 83.6 Å². The van der Waals surface area contributed by atoms with Gasteiger partial charge in [0.2, 0.25) is 0 Å². The maximum absolute atomic E-state index is 12.1. The minimum absolute atomic E-state index is 0.252. The van der Waals surface area contributed by atoms with E-state index >= 15 is 0 Å². The summed E-state index contributed by atoms with van der Waals surface area (Å²) in [7, 11) is 5.43. The first kappa shape index (κ1) is 17.9. The summed E-state index contributed by atoms with van der Waals surface area (Å²) < 4.78 is 5.05. The number of aromatic nitrogens is 1. The van der Waals surface area contributed by atoms with Gasteiger partial charge in [-0.3, -0.25) is 14.9 Å². The zero-order valence-corrected chi connectivity index (χ0v) is 14.6. The zero-order valence-electron chi connectivity index (χ0n) is 13.8. The summed E-state index contributed by atoms with van der Waals surface area (Å²) >= 11 is 1.21. The molecule has 2 N–H and O–H groups in total. The fourth-order valence-electron chi connectivity index (χ4n) is 1.83. The third kappa shape index (κ3) is 5.04. The number of hydrogen-bond acceptors (Lipinski definition) is 6. The molecule has 2 amide bonds. The number of benzene rings is 1. The fourth-order valence-corrected chi connectivity index (χ4v) is 2.52. The Balaban J connectivity index is 1.92. The van der Waals surface area contributed by atoms with Crippen molar-refractivity contribution in [3.8, 4) is 5.75 Å². The lowest BCUT2D eigenvalue weighted by Gasteiger charge is -2.09. The van der Waals surface area contributed by atoms with Crippen LogP contribution in [0.15, 0.2) is 29.6 Å². The minimum atomic E-state index is -0.286. The van der Waals surface area contributed by atoms with Gasteiger partial charge >= 0.3 is 0 Å². The highest BCUT2D eigenvalue weighted by atomic mass is 32.1. The fraction of sp³-hybridized carbons (Fsp3) is 0.312. The number of ether oxygens (including phenoxy) is 1. The first-order chi connectivity index (χ1) is 11.5. The van der Waals surface area contributed by atoms with Gasteiger partial charge in [0.1, 0.15) is 11.4 Å². The van der Waals surface area contributed by atoms with E-state index in [2.05, 4.69) is 15.6 Å². The molecule has 24 heavy (non-hydrogen) atoms. The maximum atomic E-state index is 12.1. The van der Waals surface area contributed by atoms with Crippen molar-refractivity contribution in [2.45, 2.75) is 0 Å². The molecule has 0 atom stereocenters. The van der Waals surface area contributed by atoms with Crippen molar-refractivity contribution >= 4 is 28.3 Å². The van der Waals surface area contributed by atoms with Crippen molar-refractivity contribution in [1.29, 1.82) is 0 Å². The summed E-state index contributed by atoms with van der Waals surface area (Å²) in [6.07, 6.45) is 0. The Labute approximate surface area is 144 Å². The van der Waals surface area contributed by atoms with E-state index in [1.165, 1.54) is 11.3 Å². The minimum Gasteiger partial charge on any atom is -0.497 e. The summed E-state index contributed by atoms with van der Waals surface area (Å²) in [6, 6.07) is 6.74. The van der Waals surface area contributed by atoms with Crippen molar-refractivity contribution in [2.24, 2.45) is 0 Å². The number of likely N-dealkylation sites (N-methyl/N-ethyl adjacent to an activating group) is 1. The molecule has 2 aromatic rings. The molecule has 0 aliphatic carbocycles. The second-order valence-corrected chi connectivity index (χ2v) is 6.14. The SMILES string of the molecule is COc1ccc(C(=O)Nc2nc(C(=O)NCCN(C)C)cs2)cc1. The van der Waals surface area contributed by atoms with Crippen LogP contribution in [-0.4, -0.2) is 56.0 Å². The van der Waals surface area contributed by atoms with E-state index in [1.54, 1.807) is 36.8 Å². The van der Waals surface area contributed by atoms with Crippen molar-refractivity contribution in [3.05, 3.63) is 40.9 Å². The van der Waals surface area contributed by atoms with Crippen LogP contribution in [0.25, 0.3) is 0 Å². The van der Waals surface area contributed by atoms with Crippen molar-refractivity contribution in [1.82, 2.24) is 15.2 Å². The predicted molar refractivity (Wildman–Crippen MR) is 93.9 cm³/mol. The van der Waals surface area contributed by atoms with E-state index in [1.807, 2.05) is 19.0 Å². The summed E-state index contributed by atoms with van der Waals surface area (Å²) in [4.78, 5) is 30.2. The highest BCUT2D eigenvalue weighted by Crippen LogP contribution is 2.17. The molecule has 1 heterocycles. The highest BCUT2D eigenvalue weighted by molar-refractivity contribution is 7.14. The highest BCUT2D eigenvalue weighted by Gasteiger charge is 2.13. The Morgan fingerprint density at radius 1 is 1.21 bits per heavy atom. The monoisotopic (exact) mass is 348 g/mol. The van der Waals surface area contributed by atoms with Gasteiger partial charge in [-0.25, -0.2) is 4.98 Å². The van der Waals surface area contributed by atoms with Crippen LogP contribution in [0.3, 0.4) is 0 Å². The molecule has 1 aromatic heterocycles. The molecule has 0 bridgehead atoms. The van der Waals surface area contributed by atoms with E-state index in [-0.39, 0.29) is 11.8 Å². The Morgan fingerprint density at radius 3 is 2.54 bits per heavy atom. The summed E-state index contributed by atoms with van der Waals surface area (Å²) in [6.45, 7) is 1.29. The smallest absolute Gasteiger partial charge is 0.270 e. The maximum Gasteiger partial charge on any atom is 0.270 e. The number of amides is 2. The first-order valence-corrected chi connectivity index (χ1v) is 8.21. The van der Waals surface area contributed by atoms with Crippen molar-refractivity contribution in [2.75, 3.05) is 39.6 Å². The Morgan fingerprint density at radius 2 is 1.92 bits per heavy atom. The van der Waals surface area contributed by atoms with Gasteiger partial charge < -0.3 is 15.0 Å². The number of anilines is 1. The Hall–Kier alpha value is -2.45. The summed E-state index contributed by atoms with van der Waals surface area (Å²) in [5, 5.41) is 7.47. The first-order valence-electron chi connectivity index (χ1n) is 7.33. The molecule has 8 heteroatoms. The van der Waals surface area contributed by atoms with Crippen LogP contribution in [0.5, 0.6) is 5.75 Å². The molecule has 7 nitrogen and oxygen atoms in total. The number of rotatable bonds is 7. The van der Waals surface area contributed by atoms with E-state index in [0.717, 1.165) is 6.54 Å². The molecule has 0 saturated heterocycles. The number of nitrogens with zero attached hydrogens (tertiary/aromatic N) is 2. The summed E-state index contributed by atoms with van der Waals surface area (Å²) in [5.41, 5.74) is 0.784. The van der Waals surface area contributed by atoms with Gasteiger partial charge in [0.15, 0.2) is 5.13 Å². The number of carbonyl (C=O) groups is 2. The average molecular weight is 348 g/mol. The van der Waals surface area contributed by atoms with Gasteiger partial charge in [0.25, 0.3) is 11.8 Å². The molecule has 0 aliphatic heterocycles. The molecule has 0 radical (unpaired) electrons. The van der Waals surface area contributed by atoms with E-state index in [9.17, 15) is 9.59 Å². The molecule has 0 spiro atoms. The lowest BCUT2D eigenvalue weighted by molar-refractivity contribution is 0.0945. The van der Waals surface area contributed by atoms with Crippen LogP contribution in [0.1, 0.15) is 20.8 Å². The molecule has 0 fully saturated rings. The van der Waals surface area contributed by atoms with Crippen LogP contribution >= 0.6 is 11.3 Å². The Bertz CT molecular complexity index is 698. The number of nitrogens with one attached hydrogen (secondary N) is 2. The molecule has 128 valence electrons. The normalized spacial score (nSPS) is 10.5. The number of thiazole rings is 1. The number of methoxy groups -OCH3 is 1. The van der Waals surface area contributed by atoms with E-state index in [4.69, 9.17) is 4.74 Å². The van der Waals surface area contributed by atoms with Crippen LogP contribution < -0.4 is 15.4 Å². The van der Waals surface area contributed by atoms with Crippen LogP contribution in [0.2, 0.25) is 0 Å². The van der Waals surface area contributed by atoms with Crippen molar-refractivity contribution in [3.63, 3.8) is 0 Å². The van der Waals surface area contributed by atoms with E-state index in [0.29, 0.717) is 28.7 Å². The van der Waals surface area contributed by atoms with Gasteiger partial charge in [-0.05, 0) is 38.4 Å². The standard InChI is InChI=1S/C16H20N4O3S/c1-20(2)9-8-17-15(22)13-10-24-16(18-13)19-14(21)11-4-6-12(23-3)7-5-11/h4-7,10H,8-9H2,1-3H3,(H,17,22)(H,18,19,21). The van der Waals surface area contributed by atoms with Gasteiger partial charge in [-0.2, -0.15) is 0 Å². The quantitative estimate of drug-likeness (QED) is 0.796. The van der Waals surface area contributed by atoms with Gasteiger partial charge in [-0.1, -0.05) is 0 Å². The van der Waals surface area contributed by atoms with Gasteiger partial charge in [-0.15, -0.1) is 11.3 Å². The number of carbonyl (C=O) groups excluding carboxylic acids is 2. The molecular formula is C16H20N4O3S. The average Bonchev–Trinajstić information content (AvgIpc) is 3.03. The van der Waals surface area contributed by atoms with Crippen LogP contribution in [-0.2, 0) is 0 Å². The molecular weight excluding hydrogens is 328 g/mol. The zero-order chi connectivity index (χ0) is 17.5. The predicted octanol–water partition coefficient (Wildman–Crippen LogP) is 1.70.